The standard InChI is InChI=1S/C30H33Cl2N3O4S/c1-21-9-8-12-25(17-21)35(40(38,39)26-13-4-3-5-14-26)20-29(36)34(19-23-15-16-27(31)28(32)18-23)22(2)30(37)33-24-10-6-7-11-24/h3-5,8-9,12-18,22,24H,6-7,10-11,19-20H2,1-2H3,(H,33,37)/t22-/m1/s1. The zero-order valence-electron chi connectivity index (χ0n) is 22.5. The highest BCUT2D eigenvalue weighted by Gasteiger charge is 2.33. The first kappa shape index (κ1) is 29.9. The first-order chi connectivity index (χ1) is 19.1. The molecule has 1 aliphatic carbocycles. The van der Waals surface area contributed by atoms with E-state index in [1.807, 2.05) is 13.0 Å². The number of nitrogens with zero attached hydrogens (tertiary/aromatic N) is 2. The van der Waals surface area contributed by atoms with Crippen molar-refractivity contribution in [3.05, 3.63) is 94.0 Å². The van der Waals surface area contributed by atoms with Crippen molar-refractivity contribution in [3.63, 3.8) is 0 Å². The van der Waals surface area contributed by atoms with Gasteiger partial charge in [-0.1, -0.05) is 72.4 Å². The molecule has 0 aliphatic heterocycles. The number of carbonyl (C=O) groups is 2. The van der Waals surface area contributed by atoms with Gasteiger partial charge in [-0.3, -0.25) is 13.9 Å². The summed E-state index contributed by atoms with van der Waals surface area (Å²) in [6, 6.07) is 19.2. The number of rotatable bonds is 10. The highest BCUT2D eigenvalue weighted by molar-refractivity contribution is 7.92. The van der Waals surface area contributed by atoms with Gasteiger partial charge in [0.1, 0.15) is 12.6 Å². The Hall–Kier alpha value is -3.07. The maximum Gasteiger partial charge on any atom is 0.264 e. The second-order valence-corrected chi connectivity index (χ2v) is 12.8. The minimum atomic E-state index is -4.10. The molecule has 1 aliphatic rings. The molecule has 1 N–H and O–H groups in total. The molecule has 4 rings (SSSR count). The fourth-order valence-electron chi connectivity index (χ4n) is 4.84. The van der Waals surface area contributed by atoms with E-state index < -0.39 is 28.5 Å². The van der Waals surface area contributed by atoms with Gasteiger partial charge in [0.15, 0.2) is 0 Å². The molecular weight excluding hydrogens is 569 g/mol. The quantitative estimate of drug-likeness (QED) is 0.310. The largest absolute Gasteiger partial charge is 0.352 e. The Morgan fingerprint density at radius 2 is 1.65 bits per heavy atom. The maximum absolute atomic E-state index is 14.0. The summed E-state index contributed by atoms with van der Waals surface area (Å²) >= 11 is 12.3. The van der Waals surface area contributed by atoms with E-state index in [1.165, 1.54) is 17.0 Å². The topological polar surface area (TPSA) is 86.8 Å². The zero-order chi connectivity index (χ0) is 28.9. The number of hydrogen-bond acceptors (Lipinski definition) is 4. The van der Waals surface area contributed by atoms with Gasteiger partial charge in [-0.25, -0.2) is 8.42 Å². The van der Waals surface area contributed by atoms with E-state index in [0.29, 0.717) is 21.3 Å². The van der Waals surface area contributed by atoms with Crippen LogP contribution in [-0.4, -0.2) is 43.8 Å². The second kappa shape index (κ2) is 13.1. The van der Waals surface area contributed by atoms with E-state index in [4.69, 9.17) is 23.2 Å². The van der Waals surface area contributed by atoms with Crippen LogP contribution in [0.25, 0.3) is 0 Å². The summed E-state index contributed by atoms with van der Waals surface area (Å²) < 4.78 is 28.7. The van der Waals surface area contributed by atoms with Crippen LogP contribution in [0.15, 0.2) is 77.7 Å². The third kappa shape index (κ3) is 7.16. The molecule has 3 aromatic carbocycles. The molecular formula is C30H33Cl2N3O4S. The molecule has 0 heterocycles. The van der Waals surface area contributed by atoms with E-state index in [2.05, 4.69) is 5.32 Å². The molecule has 0 saturated heterocycles. The van der Waals surface area contributed by atoms with Crippen molar-refractivity contribution in [2.75, 3.05) is 10.8 Å². The molecule has 212 valence electrons. The van der Waals surface area contributed by atoms with E-state index in [1.54, 1.807) is 61.5 Å². The molecule has 3 aromatic rings. The lowest BCUT2D eigenvalue weighted by atomic mass is 10.1. The number of aryl methyl sites for hydroxylation is 1. The minimum Gasteiger partial charge on any atom is -0.352 e. The van der Waals surface area contributed by atoms with Crippen LogP contribution in [0.1, 0.15) is 43.7 Å². The number of nitrogens with one attached hydrogen (secondary N) is 1. The number of anilines is 1. The monoisotopic (exact) mass is 601 g/mol. The number of hydrogen-bond donors (Lipinski definition) is 1. The van der Waals surface area contributed by atoms with Crippen LogP contribution < -0.4 is 9.62 Å². The third-order valence-corrected chi connectivity index (χ3v) is 9.63. The van der Waals surface area contributed by atoms with Gasteiger partial charge in [0, 0.05) is 12.6 Å². The van der Waals surface area contributed by atoms with Crippen LogP contribution in [0.2, 0.25) is 10.0 Å². The molecule has 2 amide bonds. The Balaban J connectivity index is 1.69. The van der Waals surface area contributed by atoms with E-state index in [9.17, 15) is 18.0 Å². The van der Waals surface area contributed by atoms with Crippen LogP contribution in [0, 0.1) is 6.92 Å². The lowest BCUT2D eigenvalue weighted by Gasteiger charge is -2.32. The van der Waals surface area contributed by atoms with Gasteiger partial charge in [-0.05, 0) is 74.2 Å². The number of sulfonamides is 1. The molecule has 0 unspecified atom stereocenters. The lowest BCUT2D eigenvalue weighted by Crippen LogP contribution is -2.52. The van der Waals surface area contributed by atoms with Gasteiger partial charge in [-0.2, -0.15) is 0 Å². The SMILES string of the molecule is Cc1cccc(N(CC(=O)N(Cc2ccc(Cl)c(Cl)c2)[C@H](C)C(=O)NC2CCCC2)S(=O)(=O)c2ccccc2)c1. The summed E-state index contributed by atoms with van der Waals surface area (Å²) in [5.41, 5.74) is 1.86. The fourth-order valence-corrected chi connectivity index (χ4v) is 6.59. The summed E-state index contributed by atoms with van der Waals surface area (Å²) in [4.78, 5) is 28.8. The molecule has 0 aromatic heterocycles. The van der Waals surface area contributed by atoms with E-state index >= 15 is 0 Å². The summed E-state index contributed by atoms with van der Waals surface area (Å²) in [5.74, 6) is -0.811. The summed E-state index contributed by atoms with van der Waals surface area (Å²) in [6.07, 6.45) is 3.90. The lowest BCUT2D eigenvalue weighted by molar-refractivity contribution is -0.139. The van der Waals surface area contributed by atoms with Crippen molar-refractivity contribution >= 4 is 50.7 Å². The summed E-state index contributed by atoms with van der Waals surface area (Å²) in [6.45, 7) is 3.05. The fraction of sp³-hybridized carbons (Fsp3) is 0.333. The van der Waals surface area contributed by atoms with Gasteiger partial charge in [-0.15, -0.1) is 0 Å². The Morgan fingerprint density at radius 1 is 0.950 bits per heavy atom. The van der Waals surface area contributed by atoms with Crippen molar-refractivity contribution in [1.82, 2.24) is 10.2 Å². The Morgan fingerprint density at radius 3 is 2.30 bits per heavy atom. The summed E-state index contributed by atoms with van der Waals surface area (Å²) in [7, 11) is -4.10. The number of halogens is 2. The number of benzene rings is 3. The average molecular weight is 603 g/mol. The van der Waals surface area contributed by atoms with E-state index in [0.717, 1.165) is 35.6 Å². The van der Waals surface area contributed by atoms with Crippen molar-refractivity contribution in [3.8, 4) is 0 Å². The van der Waals surface area contributed by atoms with Crippen LogP contribution in [0.3, 0.4) is 0 Å². The molecule has 0 radical (unpaired) electrons. The first-order valence-electron chi connectivity index (χ1n) is 13.2. The normalized spacial score (nSPS) is 14.5. The van der Waals surface area contributed by atoms with Crippen LogP contribution in [0.5, 0.6) is 0 Å². The molecule has 1 saturated carbocycles. The van der Waals surface area contributed by atoms with E-state index in [-0.39, 0.29) is 23.4 Å². The number of amides is 2. The first-order valence-corrected chi connectivity index (χ1v) is 15.4. The zero-order valence-corrected chi connectivity index (χ0v) is 24.8. The van der Waals surface area contributed by atoms with Gasteiger partial charge in [0.05, 0.1) is 20.6 Å². The molecule has 10 heteroatoms. The molecule has 0 bridgehead atoms. The molecule has 1 fully saturated rings. The minimum absolute atomic E-state index is 0.0437. The Bertz CT molecular complexity index is 1460. The summed E-state index contributed by atoms with van der Waals surface area (Å²) in [5, 5.41) is 3.75. The predicted molar refractivity (Wildman–Crippen MR) is 159 cm³/mol. The van der Waals surface area contributed by atoms with Gasteiger partial charge in [0.25, 0.3) is 10.0 Å². The number of carbonyl (C=O) groups excluding carboxylic acids is 2. The molecule has 7 nitrogen and oxygen atoms in total. The van der Waals surface area contributed by atoms with Gasteiger partial charge in [0.2, 0.25) is 11.8 Å². The maximum atomic E-state index is 14.0. The van der Waals surface area contributed by atoms with Gasteiger partial charge >= 0.3 is 0 Å². The van der Waals surface area contributed by atoms with Crippen molar-refractivity contribution in [2.24, 2.45) is 0 Å². The van der Waals surface area contributed by atoms with Crippen LogP contribution in [0.4, 0.5) is 5.69 Å². The second-order valence-electron chi connectivity index (χ2n) is 10.1. The van der Waals surface area contributed by atoms with Crippen molar-refractivity contribution < 1.29 is 18.0 Å². The van der Waals surface area contributed by atoms with Crippen molar-refractivity contribution in [1.29, 1.82) is 0 Å². The Kier molecular flexibility index (Phi) is 9.77. The Labute approximate surface area is 246 Å². The van der Waals surface area contributed by atoms with Crippen LogP contribution in [-0.2, 0) is 26.2 Å². The predicted octanol–water partition coefficient (Wildman–Crippen LogP) is 5.97. The highest BCUT2D eigenvalue weighted by atomic mass is 35.5. The average Bonchev–Trinajstić information content (AvgIpc) is 3.45. The highest BCUT2D eigenvalue weighted by Crippen LogP contribution is 2.27. The van der Waals surface area contributed by atoms with Crippen LogP contribution >= 0.6 is 23.2 Å². The molecule has 1 atom stereocenters. The van der Waals surface area contributed by atoms with Gasteiger partial charge < -0.3 is 10.2 Å². The smallest absolute Gasteiger partial charge is 0.264 e. The van der Waals surface area contributed by atoms with Crippen molar-refractivity contribution in [2.45, 2.75) is 63.1 Å². The third-order valence-electron chi connectivity index (χ3n) is 7.11. The molecule has 40 heavy (non-hydrogen) atoms. The molecule has 0 spiro atoms.